The van der Waals surface area contributed by atoms with Crippen LogP contribution in [0.4, 0.5) is 0 Å². The molecule has 3 aliphatic heterocycles. The molecule has 47 heavy (non-hydrogen) atoms. The average molecular weight is 635 g/mol. The van der Waals surface area contributed by atoms with Gasteiger partial charge in [0.15, 0.2) is 0 Å². The largest absolute Gasteiger partial charge is 0.497 e. The van der Waals surface area contributed by atoms with Gasteiger partial charge in [-0.05, 0) is 61.9 Å². The van der Waals surface area contributed by atoms with Crippen LogP contribution in [0.1, 0.15) is 52.9 Å². The number of carbonyl (C=O) groups excluding carboxylic acids is 1. The molecule has 8 rings (SSSR count). The summed E-state index contributed by atoms with van der Waals surface area (Å²) in [5.41, 5.74) is 3.02. The van der Waals surface area contributed by atoms with Gasteiger partial charge in [0.2, 0.25) is 0 Å². The predicted octanol–water partition coefficient (Wildman–Crippen LogP) is 7.05. The van der Waals surface area contributed by atoms with Gasteiger partial charge in [-0.2, -0.15) is 0 Å². The first-order valence-corrected chi connectivity index (χ1v) is 15.4. The van der Waals surface area contributed by atoms with Crippen LogP contribution in [0.3, 0.4) is 0 Å². The summed E-state index contributed by atoms with van der Waals surface area (Å²) < 4.78 is 39.5. The van der Waals surface area contributed by atoms with Crippen molar-refractivity contribution in [2.75, 3.05) is 20.8 Å². The minimum absolute atomic E-state index is 0.00163. The molecular formula is C38H34O9. The first kappa shape index (κ1) is 30.2. The third kappa shape index (κ3) is 5.85. The smallest absolute Gasteiger partial charge is 0.338 e. The van der Waals surface area contributed by atoms with E-state index in [0.717, 1.165) is 39.5 Å². The Bertz CT molecular complexity index is 2010. The lowest BCUT2D eigenvalue weighted by Crippen LogP contribution is -2.43. The summed E-state index contributed by atoms with van der Waals surface area (Å²) >= 11 is 0. The van der Waals surface area contributed by atoms with Crippen molar-refractivity contribution < 1.29 is 37.6 Å². The number of hydrogen-bond acceptors (Lipinski definition) is 9. The minimum Gasteiger partial charge on any atom is -0.497 e. The molecule has 9 heteroatoms. The van der Waals surface area contributed by atoms with E-state index in [1.807, 2.05) is 56.3 Å². The van der Waals surface area contributed by atoms with E-state index in [1.165, 1.54) is 11.6 Å². The van der Waals surface area contributed by atoms with Crippen molar-refractivity contribution >= 4 is 16.9 Å². The molecule has 5 aromatic rings. The minimum atomic E-state index is -0.820. The van der Waals surface area contributed by atoms with E-state index in [2.05, 4.69) is 6.07 Å². The van der Waals surface area contributed by atoms with Gasteiger partial charge in [-0.3, -0.25) is 0 Å². The topological polar surface area (TPSA) is 103 Å². The lowest BCUT2D eigenvalue weighted by molar-refractivity contribution is -0.0517. The Labute approximate surface area is 271 Å². The number of methoxy groups -OCH3 is 2. The van der Waals surface area contributed by atoms with E-state index in [4.69, 9.17) is 32.8 Å². The van der Waals surface area contributed by atoms with Gasteiger partial charge in [-0.1, -0.05) is 24.3 Å². The van der Waals surface area contributed by atoms with Crippen molar-refractivity contribution in [3.05, 3.63) is 124 Å². The van der Waals surface area contributed by atoms with Gasteiger partial charge in [0.05, 0.1) is 32.3 Å². The molecule has 0 amide bonds. The van der Waals surface area contributed by atoms with Crippen LogP contribution >= 0.6 is 0 Å². The Morgan fingerprint density at radius 2 is 1.51 bits per heavy atom. The molecule has 0 fully saturated rings. The first-order chi connectivity index (χ1) is 22.7. The van der Waals surface area contributed by atoms with Crippen molar-refractivity contribution in [1.82, 2.24) is 0 Å². The van der Waals surface area contributed by atoms with Gasteiger partial charge in [0.1, 0.15) is 52.1 Å². The molecular weight excluding hydrogens is 600 g/mol. The normalized spacial score (nSPS) is 18.5. The molecule has 240 valence electrons. The van der Waals surface area contributed by atoms with Crippen LogP contribution in [0.2, 0.25) is 0 Å². The van der Waals surface area contributed by atoms with Crippen LogP contribution < -0.4 is 29.3 Å². The van der Waals surface area contributed by atoms with Crippen molar-refractivity contribution in [3.8, 4) is 28.7 Å². The number of carbonyl (C=O) groups is 1. The molecule has 3 atom stereocenters. The molecule has 0 saturated heterocycles. The third-order valence-corrected chi connectivity index (χ3v) is 8.80. The summed E-state index contributed by atoms with van der Waals surface area (Å²) in [5.74, 6) is 3.83. The number of rotatable bonds is 5. The highest BCUT2D eigenvalue weighted by Crippen LogP contribution is 2.52. The van der Waals surface area contributed by atoms with E-state index in [0.29, 0.717) is 29.9 Å². The number of hydrogen-bond donors (Lipinski definition) is 0. The van der Waals surface area contributed by atoms with E-state index < -0.39 is 11.2 Å². The van der Waals surface area contributed by atoms with Gasteiger partial charge in [-0.15, -0.1) is 0 Å². The maximum atomic E-state index is 12.4. The summed E-state index contributed by atoms with van der Waals surface area (Å²) in [6.07, 6.45) is 0.287. The summed E-state index contributed by atoms with van der Waals surface area (Å²) in [7, 11) is 3.32. The highest BCUT2D eigenvalue weighted by molar-refractivity contribution is 5.89. The average Bonchev–Trinajstić information content (AvgIpc) is 3.69. The fraction of sp³-hybridized carbons (Fsp3) is 0.263. The maximum absolute atomic E-state index is 12.4. The van der Waals surface area contributed by atoms with Gasteiger partial charge in [0.25, 0.3) is 0 Å². The van der Waals surface area contributed by atoms with Gasteiger partial charge < -0.3 is 32.8 Å². The van der Waals surface area contributed by atoms with E-state index in [1.54, 1.807) is 50.6 Å². The second-order valence-corrected chi connectivity index (χ2v) is 12.2. The Morgan fingerprint density at radius 1 is 0.787 bits per heavy atom. The SMILES string of the molecule is CC(C)(OC(=O)c1ccccc1)C1Cc2cc3ccc(=O)oc3cc2O1.COc1ccc2c(c1)OC1c3ccc(OC)cc3OCC21. The zero-order valence-electron chi connectivity index (χ0n) is 26.5. The first-order valence-electron chi connectivity index (χ1n) is 15.4. The Balaban J connectivity index is 0.000000153. The van der Waals surface area contributed by atoms with Crippen molar-refractivity contribution in [3.63, 3.8) is 0 Å². The molecule has 0 spiro atoms. The highest BCUT2D eigenvalue weighted by Gasteiger charge is 2.41. The number of fused-ring (bicyclic) bond motifs is 7. The number of esters is 1. The molecule has 0 bridgehead atoms. The van der Waals surface area contributed by atoms with E-state index >= 15 is 0 Å². The van der Waals surface area contributed by atoms with Gasteiger partial charge in [0, 0.05) is 47.2 Å². The quantitative estimate of drug-likeness (QED) is 0.149. The summed E-state index contributed by atoms with van der Waals surface area (Å²) in [4.78, 5) is 23.8. The van der Waals surface area contributed by atoms with Crippen molar-refractivity contribution in [2.45, 2.75) is 44.0 Å². The zero-order valence-corrected chi connectivity index (χ0v) is 26.5. The maximum Gasteiger partial charge on any atom is 0.338 e. The summed E-state index contributed by atoms with van der Waals surface area (Å²) in [5, 5.41) is 0.840. The molecule has 4 aromatic carbocycles. The summed E-state index contributed by atoms with van der Waals surface area (Å²) in [6, 6.07) is 27.5. The predicted molar refractivity (Wildman–Crippen MR) is 174 cm³/mol. The van der Waals surface area contributed by atoms with Gasteiger partial charge in [-0.25, -0.2) is 9.59 Å². The lowest BCUT2D eigenvalue weighted by atomic mass is 9.89. The fourth-order valence-corrected chi connectivity index (χ4v) is 6.20. The number of benzene rings is 4. The van der Waals surface area contributed by atoms with E-state index in [9.17, 15) is 9.59 Å². The number of ether oxygens (including phenoxy) is 6. The molecule has 4 heterocycles. The second-order valence-electron chi connectivity index (χ2n) is 12.2. The molecule has 3 aliphatic rings. The molecule has 0 aliphatic carbocycles. The lowest BCUT2D eigenvalue weighted by Gasteiger charge is -2.30. The van der Waals surface area contributed by atoms with Crippen molar-refractivity contribution in [2.24, 2.45) is 0 Å². The Hall–Kier alpha value is -5.44. The standard InChI is InChI=1S/C21H18O5.C17H16O4/c1-21(2,26-20(23)13-6-4-3-5-7-13)18-11-15-10-14-8-9-19(22)25-16(14)12-17(15)24-18;1-18-10-4-6-13-15(7-10)20-9-14-12-5-3-11(19-2)8-16(12)21-17(13)14/h3-10,12,18H,11H2,1-2H3;3-8,14,17H,9H2,1-2H3. The van der Waals surface area contributed by atoms with Crippen LogP contribution in [0.15, 0.2) is 100 Å². The monoisotopic (exact) mass is 634 g/mol. The molecule has 3 unspecified atom stereocenters. The van der Waals surface area contributed by atoms with Crippen LogP contribution in [-0.4, -0.2) is 38.5 Å². The third-order valence-electron chi connectivity index (χ3n) is 8.80. The molecule has 9 nitrogen and oxygen atoms in total. The van der Waals surface area contributed by atoms with Gasteiger partial charge >= 0.3 is 11.6 Å². The van der Waals surface area contributed by atoms with Crippen LogP contribution in [-0.2, 0) is 11.2 Å². The van der Waals surface area contributed by atoms with Crippen LogP contribution in [0, 0.1) is 0 Å². The van der Waals surface area contributed by atoms with E-state index in [-0.39, 0.29) is 24.1 Å². The molecule has 1 aromatic heterocycles. The Kier molecular flexibility index (Phi) is 7.75. The highest BCUT2D eigenvalue weighted by atomic mass is 16.6. The summed E-state index contributed by atoms with van der Waals surface area (Å²) in [6.45, 7) is 4.29. The molecule has 0 N–H and O–H groups in total. The molecule has 0 saturated carbocycles. The van der Waals surface area contributed by atoms with Crippen molar-refractivity contribution in [1.29, 1.82) is 0 Å². The van der Waals surface area contributed by atoms with Crippen LogP contribution in [0.5, 0.6) is 28.7 Å². The van der Waals surface area contributed by atoms with Crippen LogP contribution in [0.25, 0.3) is 11.0 Å². The Morgan fingerprint density at radius 3 is 2.26 bits per heavy atom. The zero-order chi connectivity index (χ0) is 32.7. The second kappa shape index (κ2) is 12.1. The molecule has 0 radical (unpaired) electrons. The fourth-order valence-electron chi connectivity index (χ4n) is 6.20.